The second kappa shape index (κ2) is 7.78. The van der Waals surface area contributed by atoms with Gasteiger partial charge in [0, 0.05) is 10.9 Å². The van der Waals surface area contributed by atoms with Crippen molar-refractivity contribution in [3.8, 4) is 0 Å². The van der Waals surface area contributed by atoms with Crippen molar-refractivity contribution in [1.82, 2.24) is 4.90 Å². The van der Waals surface area contributed by atoms with Crippen LogP contribution in [-0.4, -0.2) is 34.5 Å². The molecule has 3 aromatic rings. The first-order valence-electron chi connectivity index (χ1n) is 9.10. The van der Waals surface area contributed by atoms with Gasteiger partial charge in [-0.2, -0.15) is 0 Å². The molecule has 29 heavy (non-hydrogen) atoms. The summed E-state index contributed by atoms with van der Waals surface area (Å²) >= 11 is 6.36. The monoisotopic (exact) mass is 409 g/mol. The molecular formula is C23H17ClFNO3. The summed E-state index contributed by atoms with van der Waals surface area (Å²) in [7, 11) is 0. The zero-order chi connectivity index (χ0) is 20.5. The molecule has 2 unspecified atom stereocenters. The maximum Gasteiger partial charge on any atom is 0.261 e. The Hall–Kier alpha value is -3.02. The number of hydrogen-bond donors (Lipinski definition) is 1. The summed E-state index contributed by atoms with van der Waals surface area (Å²) in [4.78, 5) is 26.4. The van der Waals surface area contributed by atoms with Gasteiger partial charge in [-0.3, -0.25) is 14.5 Å². The first kappa shape index (κ1) is 19.3. The third kappa shape index (κ3) is 3.55. The summed E-state index contributed by atoms with van der Waals surface area (Å²) in [6.07, 6.45) is -1.14. The Morgan fingerprint density at radius 1 is 0.862 bits per heavy atom. The van der Waals surface area contributed by atoms with Crippen LogP contribution in [0.5, 0.6) is 0 Å². The van der Waals surface area contributed by atoms with Crippen LogP contribution in [0.15, 0.2) is 72.8 Å². The average molecular weight is 410 g/mol. The van der Waals surface area contributed by atoms with Crippen LogP contribution in [0.4, 0.5) is 4.39 Å². The van der Waals surface area contributed by atoms with Crippen molar-refractivity contribution < 1.29 is 19.1 Å². The normalized spacial score (nSPS) is 15.3. The lowest BCUT2D eigenvalue weighted by atomic mass is 9.86. The predicted octanol–water partition coefficient (Wildman–Crippen LogP) is 4.27. The molecule has 146 valence electrons. The maximum absolute atomic E-state index is 13.4. The maximum atomic E-state index is 13.4. The summed E-state index contributed by atoms with van der Waals surface area (Å²) in [6, 6.07) is 19.3. The molecule has 0 saturated carbocycles. The molecule has 0 bridgehead atoms. The van der Waals surface area contributed by atoms with Crippen molar-refractivity contribution in [2.75, 3.05) is 6.54 Å². The fourth-order valence-electron chi connectivity index (χ4n) is 3.70. The Balaban J connectivity index is 1.69. The van der Waals surface area contributed by atoms with Crippen molar-refractivity contribution >= 4 is 23.4 Å². The van der Waals surface area contributed by atoms with E-state index in [4.69, 9.17) is 11.6 Å². The Morgan fingerprint density at radius 2 is 1.41 bits per heavy atom. The number of carbonyl (C=O) groups is 2. The molecule has 3 aromatic carbocycles. The van der Waals surface area contributed by atoms with E-state index in [-0.39, 0.29) is 6.54 Å². The van der Waals surface area contributed by atoms with E-state index in [9.17, 15) is 19.1 Å². The number of aliphatic hydroxyl groups is 1. The van der Waals surface area contributed by atoms with E-state index in [2.05, 4.69) is 0 Å². The van der Waals surface area contributed by atoms with Crippen LogP contribution in [-0.2, 0) is 0 Å². The van der Waals surface area contributed by atoms with E-state index < -0.39 is 29.7 Å². The molecule has 1 aliphatic heterocycles. The molecule has 0 fully saturated rings. The van der Waals surface area contributed by atoms with Gasteiger partial charge < -0.3 is 5.11 Å². The number of carbonyl (C=O) groups excluding carboxylic acids is 2. The van der Waals surface area contributed by atoms with Gasteiger partial charge in [0.05, 0.1) is 23.8 Å². The highest BCUT2D eigenvalue weighted by Gasteiger charge is 2.38. The molecule has 0 saturated heterocycles. The van der Waals surface area contributed by atoms with E-state index in [0.29, 0.717) is 27.3 Å². The largest absolute Gasteiger partial charge is 0.390 e. The van der Waals surface area contributed by atoms with Crippen LogP contribution in [0, 0.1) is 5.82 Å². The number of rotatable bonds is 5. The Kier molecular flexibility index (Phi) is 5.18. The fourth-order valence-corrected chi connectivity index (χ4v) is 3.96. The number of benzene rings is 3. The van der Waals surface area contributed by atoms with Crippen molar-refractivity contribution in [2.24, 2.45) is 0 Å². The number of amides is 2. The molecule has 4 rings (SSSR count). The first-order chi connectivity index (χ1) is 14.0. The topological polar surface area (TPSA) is 57.6 Å². The molecule has 0 aliphatic carbocycles. The van der Waals surface area contributed by atoms with Crippen LogP contribution >= 0.6 is 11.6 Å². The lowest BCUT2D eigenvalue weighted by Crippen LogP contribution is -2.39. The molecule has 0 spiro atoms. The minimum absolute atomic E-state index is 0.209. The van der Waals surface area contributed by atoms with Crippen molar-refractivity contribution in [2.45, 2.75) is 12.0 Å². The molecule has 2 amide bonds. The number of β-amino-alcohol motifs (C(OH)–C–C–N with tert-alkyl or cyclic N) is 1. The summed E-state index contributed by atoms with van der Waals surface area (Å²) in [5.41, 5.74) is 1.90. The third-order valence-electron chi connectivity index (χ3n) is 5.10. The molecule has 6 heteroatoms. The number of imide groups is 1. The lowest BCUT2D eigenvalue weighted by Gasteiger charge is -2.27. The molecule has 1 aliphatic rings. The van der Waals surface area contributed by atoms with Crippen LogP contribution in [0.2, 0.25) is 5.02 Å². The second-order valence-electron chi connectivity index (χ2n) is 6.88. The highest BCUT2D eigenvalue weighted by molar-refractivity contribution is 6.31. The Labute approximate surface area is 172 Å². The zero-order valence-electron chi connectivity index (χ0n) is 15.3. The molecule has 1 heterocycles. The van der Waals surface area contributed by atoms with Crippen LogP contribution < -0.4 is 0 Å². The van der Waals surface area contributed by atoms with Crippen molar-refractivity contribution in [3.63, 3.8) is 0 Å². The molecule has 0 radical (unpaired) electrons. The molecule has 0 aromatic heterocycles. The number of halogens is 2. The predicted molar refractivity (Wildman–Crippen MR) is 108 cm³/mol. The van der Waals surface area contributed by atoms with Gasteiger partial charge in [-0.05, 0) is 41.5 Å². The molecular weight excluding hydrogens is 393 g/mol. The van der Waals surface area contributed by atoms with Gasteiger partial charge in [0.1, 0.15) is 5.82 Å². The quantitative estimate of drug-likeness (QED) is 0.640. The summed E-state index contributed by atoms with van der Waals surface area (Å²) in [5, 5.41) is 11.5. The summed E-state index contributed by atoms with van der Waals surface area (Å²) in [5.74, 6) is -1.93. The summed E-state index contributed by atoms with van der Waals surface area (Å²) < 4.78 is 13.4. The first-order valence-corrected chi connectivity index (χ1v) is 9.48. The van der Waals surface area contributed by atoms with Crippen LogP contribution in [0.25, 0.3) is 0 Å². The van der Waals surface area contributed by atoms with Gasteiger partial charge in [0.25, 0.3) is 11.8 Å². The highest BCUT2D eigenvalue weighted by atomic mass is 35.5. The summed E-state index contributed by atoms with van der Waals surface area (Å²) in [6.45, 7) is -0.209. The van der Waals surface area contributed by atoms with E-state index in [1.165, 1.54) is 12.1 Å². The smallest absolute Gasteiger partial charge is 0.261 e. The Bertz CT molecular complexity index is 1050. The van der Waals surface area contributed by atoms with Crippen LogP contribution in [0.3, 0.4) is 0 Å². The fraction of sp³-hybridized carbons (Fsp3) is 0.130. The molecule has 4 nitrogen and oxygen atoms in total. The van der Waals surface area contributed by atoms with Crippen molar-refractivity contribution in [3.05, 3.63) is 106 Å². The minimum atomic E-state index is -1.14. The average Bonchev–Trinajstić information content (AvgIpc) is 2.96. The SMILES string of the molecule is O=C1c2ccccc2C(=O)N1CC(O)C(c1ccc(F)cc1)c1ccccc1Cl. The number of fused-ring (bicyclic) bond motifs is 1. The van der Waals surface area contributed by atoms with E-state index in [1.807, 2.05) is 0 Å². The van der Waals surface area contributed by atoms with Gasteiger partial charge in [-0.25, -0.2) is 4.39 Å². The number of aliphatic hydroxyl groups excluding tert-OH is 1. The second-order valence-corrected chi connectivity index (χ2v) is 7.29. The lowest BCUT2D eigenvalue weighted by molar-refractivity contribution is 0.0523. The number of hydrogen-bond acceptors (Lipinski definition) is 3. The highest BCUT2D eigenvalue weighted by Crippen LogP contribution is 2.34. The van der Waals surface area contributed by atoms with Crippen LogP contribution in [0.1, 0.15) is 37.8 Å². The zero-order valence-corrected chi connectivity index (χ0v) is 16.0. The third-order valence-corrected chi connectivity index (χ3v) is 5.45. The van der Waals surface area contributed by atoms with Gasteiger partial charge in [-0.15, -0.1) is 0 Å². The Morgan fingerprint density at radius 3 is 2.00 bits per heavy atom. The van der Waals surface area contributed by atoms with Gasteiger partial charge in [0.2, 0.25) is 0 Å². The van der Waals surface area contributed by atoms with E-state index >= 15 is 0 Å². The van der Waals surface area contributed by atoms with Gasteiger partial charge in [0.15, 0.2) is 0 Å². The molecule has 2 atom stereocenters. The minimum Gasteiger partial charge on any atom is -0.390 e. The molecule has 1 N–H and O–H groups in total. The van der Waals surface area contributed by atoms with Gasteiger partial charge in [-0.1, -0.05) is 54.1 Å². The standard InChI is InChI=1S/C23H17ClFNO3/c24-19-8-4-3-7-18(19)21(14-9-11-15(25)12-10-14)20(27)13-26-22(28)16-5-1-2-6-17(16)23(26)29/h1-12,20-21,27H,13H2. The number of nitrogens with zero attached hydrogens (tertiary/aromatic N) is 1. The van der Waals surface area contributed by atoms with E-state index in [1.54, 1.807) is 60.7 Å². The van der Waals surface area contributed by atoms with Crippen molar-refractivity contribution in [1.29, 1.82) is 0 Å². The van der Waals surface area contributed by atoms with Gasteiger partial charge >= 0.3 is 0 Å². The van der Waals surface area contributed by atoms with E-state index in [0.717, 1.165) is 4.90 Å².